The number of nitrogens with one attached hydrogen (secondary N) is 2. The van der Waals surface area contributed by atoms with Gasteiger partial charge in [0.1, 0.15) is 6.17 Å². The first kappa shape index (κ1) is 33.1. The van der Waals surface area contributed by atoms with Gasteiger partial charge in [-0.1, -0.05) is 20.8 Å². The van der Waals surface area contributed by atoms with Crippen LogP contribution in [0.25, 0.3) is 0 Å². The number of amides is 2. The van der Waals surface area contributed by atoms with Crippen molar-refractivity contribution in [1.29, 1.82) is 0 Å². The molecule has 9 heteroatoms. The molecule has 3 heterocycles. The Hall–Kier alpha value is -1.29. The lowest BCUT2D eigenvalue weighted by Crippen LogP contribution is -2.56. The number of morpholine rings is 1. The monoisotopic (exact) mass is 606 g/mol. The Balaban J connectivity index is 1.27. The smallest absolute Gasteiger partial charge is 0.225 e. The third-order valence-electron chi connectivity index (χ3n) is 12.0. The summed E-state index contributed by atoms with van der Waals surface area (Å²) in [6, 6.07) is 0.952. The number of piperidine rings is 1. The van der Waals surface area contributed by atoms with Crippen molar-refractivity contribution >= 4 is 11.8 Å². The van der Waals surface area contributed by atoms with Crippen molar-refractivity contribution < 1.29 is 23.5 Å². The maximum absolute atomic E-state index is 15.8. The van der Waals surface area contributed by atoms with Crippen LogP contribution in [0.1, 0.15) is 79.1 Å². The van der Waals surface area contributed by atoms with Crippen molar-refractivity contribution in [3.05, 3.63) is 0 Å². The van der Waals surface area contributed by atoms with E-state index in [1.165, 1.54) is 0 Å². The Kier molecular flexibility index (Phi) is 11.8. The number of carbonyl (C=O) groups is 2. The molecule has 5 fully saturated rings. The quantitative estimate of drug-likeness (QED) is 0.415. The maximum atomic E-state index is 15.8. The fourth-order valence-corrected chi connectivity index (χ4v) is 9.36. The zero-order chi connectivity index (χ0) is 30.5. The summed E-state index contributed by atoms with van der Waals surface area (Å²) in [4.78, 5) is 31.7. The van der Waals surface area contributed by atoms with E-state index in [1.54, 1.807) is 0 Å². The molecule has 10 atom stereocenters. The number of nitrogens with zero attached hydrogens (tertiary/aromatic N) is 2. The van der Waals surface area contributed by atoms with Gasteiger partial charge in [-0.2, -0.15) is 0 Å². The second-order valence-electron chi connectivity index (χ2n) is 14.7. The normalized spacial score (nSPS) is 40.3. The van der Waals surface area contributed by atoms with Crippen molar-refractivity contribution in [2.75, 3.05) is 59.2 Å². The van der Waals surface area contributed by atoms with Crippen molar-refractivity contribution in [2.24, 2.45) is 41.4 Å². The largest absolute Gasteiger partial charge is 0.381 e. The summed E-state index contributed by atoms with van der Waals surface area (Å²) in [6.45, 7) is 15.8. The fraction of sp³-hybridized carbons (Fsp3) is 0.941. The molecule has 2 amide bonds. The second-order valence-corrected chi connectivity index (χ2v) is 14.7. The van der Waals surface area contributed by atoms with Gasteiger partial charge in [0, 0.05) is 69.4 Å². The average molecular weight is 607 g/mol. The third-order valence-corrected chi connectivity index (χ3v) is 12.0. The molecule has 43 heavy (non-hydrogen) atoms. The van der Waals surface area contributed by atoms with Crippen LogP contribution in [0.15, 0.2) is 0 Å². The van der Waals surface area contributed by atoms with E-state index < -0.39 is 6.17 Å². The summed E-state index contributed by atoms with van der Waals surface area (Å²) in [5, 5.41) is 6.31. The Morgan fingerprint density at radius 2 is 1.70 bits per heavy atom. The molecule has 0 radical (unpaired) electrons. The van der Waals surface area contributed by atoms with Crippen molar-refractivity contribution in [3.8, 4) is 0 Å². The second kappa shape index (κ2) is 15.3. The minimum Gasteiger partial charge on any atom is -0.381 e. The van der Waals surface area contributed by atoms with Gasteiger partial charge in [0.15, 0.2) is 0 Å². The Labute approximate surface area is 259 Å². The van der Waals surface area contributed by atoms with Crippen LogP contribution in [0.4, 0.5) is 4.39 Å². The lowest BCUT2D eigenvalue weighted by Gasteiger charge is -2.50. The standard InChI is InChI=1S/C34H59FN4O4/c1-5-39(28-8-12-42-13-9-28)32-19-27(25-6-7-26(31(35)18-25)21-38-10-14-43-15-11-38)17-29(24(32)4)33(40)36-20-30-22(2)16-23(3)37-34(30)41/h22-32H,5-21H2,1-4H3,(H,36,40)(H,37,41). The van der Waals surface area contributed by atoms with Gasteiger partial charge < -0.3 is 20.1 Å². The van der Waals surface area contributed by atoms with E-state index in [2.05, 4.69) is 41.2 Å². The minimum absolute atomic E-state index is 0.0542. The summed E-state index contributed by atoms with van der Waals surface area (Å²) in [7, 11) is 0. The Morgan fingerprint density at radius 3 is 2.37 bits per heavy atom. The summed E-state index contributed by atoms with van der Waals surface area (Å²) >= 11 is 0. The van der Waals surface area contributed by atoms with Crippen LogP contribution in [-0.2, 0) is 19.1 Å². The van der Waals surface area contributed by atoms with Gasteiger partial charge in [0.2, 0.25) is 11.8 Å². The number of halogens is 1. The van der Waals surface area contributed by atoms with Crippen LogP contribution in [-0.4, -0.2) is 105 Å². The van der Waals surface area contributed by atoms with E-state index in [-0.39, 0.29) is 47.4 Å². The summed E-state index contributed by atoms with van der Waals surface area (Å²) in [6.07, 6.45) is 6.69. The molecule has 2 saturated carbocycles. The van der Waals surface area contributed by atoms with Crippen molar-refractivity contribution in [1.82, 2.24) is 20.4 Å². The highest BCUT2D eigenvalue weighted by Gasteiger charge is 2.46. The molecule has 246 valence electrons. The van der Waals surface area contributed by atoms with Crippen LogP contribution < -0.4 is 10.6 Å². The van der Waals surface area contributed by atoms with Gasteiger partial charge in [-0.3, -0.25) is 19.4 Å². The first-order valence-electron chi connectivity index (χ1n) is 17.6. The average Bonchev–Trinajstić information content (AvgIpc) is 3.00. The van der Waals surface area contributed by atoms with Crippen molar-refractivity contribution in [2.45, 2.75) is 103 Å². The number of hydrogen-bond donors (Lipinski definition) is 2. The zero-order valence-electron chi connectivity index (χ0n) is 27.3. The Bertz CT molecular complexity index is 913. The molecule has 3 saturated heterocycles. The molecule has 0 aromatic rings. The number of hydrogen-bond acceptors (Lipinski definition) is 6. The first-order valence-corrected chi connectivity index (χ1v) is 17.6. The zero-order valence-corrected chi connectivity index (χ0v) is 27.3. The fourth-order valence-electron chi connectivity index (χ4n) is 9.36. The summed E-state index contributed by atoms with van der Waals surface area (Å²) in [5.41, 5.74) is 0. The van der Waals surface area contributed by atoms with E-state index in [1.807, 2.05) is 6.92 Å². The molecule has 5 aliphatic rings. The molecule has 5 rings (SSSR count). The van der Waals surface area contributed by atoms with Gasteiger partial charge in [-0.15, -0.1) is 0 Å². The first-order chi connectivity index (χ1) is 20.7. The van der Waals surface area contributed by atoms with Crippen LogP contribution >= 0.6 is 0 Å². The lowest BCUT2D eigenvalue weighted by atomic mass is 9.63. The van der Waals surface area contributed by atoms with Gasteiger partial charge in [0.25, 0.3) is 0 Å². The lowest BCUT2D eigenvalue weighted by molar-refractivity contribution is -0.133. The SMILES string of the molecule is CCN(C1CCOCC1)C1CC(C2CCC(CN3CCOCC3)C(F)C2)CC(C(=O)NCC2C(=O)NC(C)CC2C)C1C. The molecular formula is C34H59FN4O4. The summed E-state index contributed by atoms with van der Waals surface area (Å²) < 4.78 is 27.0. The van der Waals surface area contributed by atoms with Crippen LogP contribution in [0.3, 0.4) is 0 Å². The molecule has 3 aliphatic heterocycles. The molecule has 10 unspecified atom stereocenters. The highest BCUT2D eigenvalue weighted by molar-refractivity contribution is 5.83. The van der Waals surface area contributed by atoms with E-state index in [4.69, 9.17) is 9.47 Å². The molecule has 0 aromatic carbocycles. The van der Waals surface area contributed by atoms with Gasteiger partial charge in [-0.05, 0) is 88.5 Å². The third kappa shape index (κ3) is 8.11. The van der Waals surface area contributed by atoms with Crippen LogP contribution in [0.5, 0.6) is 0 Å². The van der Waals surface area contributed by atoms with E-state index >= 15 is 4.39 Å². The minimum atomic E-state index is -0.780. The Morgan fingerprint density at radius 1 is 0.977 bits per heavy atom. The predicted molar refractivity (Wildman–Crippen MR) is 166 cm³/mol. The van der Waals surface area contributed by atoms with Gasteiger partial charge in [0.05, 0.1) is 19.1 Å². The highest BCUT2D eigenvalue weighted by atomic mass is 19.1. The van der Waals surface area contributed by atoms with Gasteiger partial charge in [-0.25, -0.2) is 4.39 Å². The van der Waals surface area contributed by atoms with E-state index in [0.717, 1.165) is 97.6 Å². The molecule has 0 bridgehead atoms. The summed E-state index contributed by atoms with van der Waals surface area (Å²) in [5.74, 6) is 1.04. The molecule has 2 N–H and O–H groups in total. The molecular weight excluding hydrogens is 547 g/mol. The van der Waals surface area contributed by atoms with Gasteiger partial charge >= 0.3 is 0 Å². The van der Waals surface area contributed by atoms with Crippen LogP contribution in [0.2, 0.25) is 0 Å². The topological polar surface area (TPSA) is 83.1 Å². The molecule has 0 aromatic heterocycles. The number of carbonyl (C=O) groups excluding carboxylic acids is 2. The van der Waals surface area contributed by atoms with E-state index in [9.17, 15) is 9.59 Å². The van der Waals surface area contributed by atoms with Crippen molar-refractivity contribution in [3.63, 3.8) is 0 Å². The number of rotatable bonds is 9. The molecule has 8 nitrogen and oxygen atoms in total. The maximum Gasteiger partial charge on any atom is 0.225 e. The van der Waals surface area contributed by atoms with E-state index in [0.29, 0.717) is 36.9 Å². The predicted octanol–water partition coefficient (Wildman–Crippen LogP) is 3.88. The highest BCUT2D eigenvalue weighted by Crippen LogP contribution is 2.46. The number of ether oxygens (including phenoxy) is 2. The number of alkyl halides is 1. The molecule has 2 aliphatic carbocycles. The van der Waals surface area contributed by atoms with Crippen LogP contribution in [0, 0.1) is 41.4 Å². The molecule has 0 spiro atoms.